The fourth-order valence-electron chi connectivity index (χ4n) is 6.21. The first kappa shape index (κ1) is 28.9. The summed E-state index contributed by atoms with van der Waals surface area (Å²) in [6, 6.07) is 4.20. The van der Waals surface area contributed by atoms with Crippen LogP contribution in [0.25, 0.3) is 0 Å². The molecule has 0 N–H and O–H groups in total. The third-order valence-corrected chi connectivity index (χ3v) is 7.93. The molecule has 2 aliphatic rings. The van der Waals surface area contributed by atoms with E-state index < -0.39 is 5.82 Å². The standard InChI is InChI=1S/C29H41FN6O3/c1-19(2)24(8-7-13-37)35-16-29(17-35)11-12-34(15-29)26-27(33-32-18-31-26)39-25-10-9-22(30)14-23(25)28(38)36(20(3)4)21(5)6/h9-10,13-14,18-21,24H,7-8,11-12,15-17H2,1-6H3/t24-/m0/s1. The van der Waals surface area contributed by atoms with E-state index in [2.05, 4.69) is 38.8 Å². The van der Waals surface area contributed by atoms with Crippen LogP contribution in [0.5, 0.6) is 11.6 Å². The third kappa shape index (κ3) is 6.21. The molecule has 2 aliphatic heterocycles. The molecular weight excluding hydrogens is 499 g/mol. The number of aldehydes is 1. The highest BCUT2D eigenvalue weighted by Crippen LogP contribution is 2.44. The Morgan fingerprint density at radius 3 is 2.51 bits per heavy atom. The van der Waals surface area contributed by atoms with Gasteiger partial charge in [-0.2, -0.15) is 0 Å². The Kier molecular flexibility index (Phi) is 8.83. The fourth-order valence-corrected chi connectivity index (χ4v) is 6.21. The molecule has 4 rings (SSSR count). The molecule has 1 spiro atoms. The van der Waals surface area contributed by atoms with Crippen molar-refractivity contribution in [2.75, 3.05) is 31.1 Å². The molecule has 3 heterocycles. The van der Waals surface area contributed by atoms with Gasteiger partial charge >= 0.3 is 0 Å². The van der Waals surface area contributed by atoms with Gasteiger partial charge in [0.25, 0.3) is 11.8 Å². The number of carbonyl (C=O) groups is 2. The average molecular weight is 541 g/mol. The van der Waals surface area contributed by atoms with E-state index in [0.29, 0.717) is 24.2 Å². The number of hydrogen-bond acceptors (Lipinski definition) is 8. The predicted octanol–water partition coefficient (Wildman–Crippen LogP) is 4.58. The number of likely N-dealkylation sites (tertiary alicyclic amines) is 1. The van der Waals surface area contributed by atoms with Crippen molar-refractivity contribution in [1.82, 2.24) is 25.0 Å². The first-order valence-corrected chi connectivity index (χ1v) is 14.0. The van der Waals surface area contributed by atoms with Crippen molar-refractivity contribution in [3.63, 3.8) is 0 Å². The van der Waals surface area contributed by atoms with E-state index in [-0.39, 0.29) is 40.6 Å². The van der Waals surface area contributed by atoms with Gasteiger partial charge < -0.3 is 19.3 Å². The summed E-state index contributed by atoms with van der Waals surface area (Å²) in [4.78, 5) is 35.3. The number of anilines is 1. The molecule has 1 aromatic heterocycles. The topological polar surface area (TPSA) is 91.8 Å². The summed E-state index contributed by atoms with van der Waals surface area (Å²) in [6.45, 7) is 15.7. The molecule has 10 heteroatoms. The van der Waals surface area contributed by atoms with Gasteiger partial charge in [-0.15, -0.1) is 10.2 Å². The summed E-state index contributed by atoms with van der Waals surface area (Å²) < 4.78 is 20.4. The molecule has 1 amide bonds. The molecule has 212 valence electrons. The zero-order chi connectivity index (χ0) is 28.3. The highest BCUT2D eigenvalue weighted by atomic mass is 19.1. The zero-order valence-electron chi connectivity index (χ0n) is 23.9. The van der Waals surface area contributed by atoms with Gasteiger partial charge in [0.15, 0.2) is 5.82 Å². The number of carbonyl (C=O) groups excluding carboxylic acids is 2. The van der Waals surface area contributed by atoms with Crippen LogP contribution in [-0.2, 0) is 4.79 Å². The maximum atomic E-state index is 14.3. The van der Waals surface area contributed by atoms with Crippen LogP contribution < -0.4 is 9.64 Å². The second-order valence-electron chi connectivity index (χ2n) is 11.9. The molecule has 2 fully saturated rings. The molecule has 0 aliphatic carbocycles. The Morgan fingerprint density at radius 1 is 1.15 bits per heavy atom. The molecule has 0 radical (unpaired) electrons. The van der Waals surface area contributed by atoms with E-state index >= 15 is 0 Å². The number of ether oxygens (including phenoxy) is 1. The van der Waals surface area contributed by atoms with Crippen LogP contribution in [0.3, 0.4) is 0 Å². The van der Waals surface area contributed by atoms with Crippen LogP contribution in [-0.4, -0.2) is 81.5 Å². The number of hydrogen-bond donors (Lipinski definition) is 0. The Hall–Kier alpha value is -3.14. The largest absolute Gasteiger partial charge is 0.434 e. The van der Waals surface area contributed by atoms with Crippen LogP contribution in [0.1, 0.15) is 71.2 Å². The highest BCUT2D eigenvalue weighted by Gasteiger charge is 2.50. The summed E-state index contributed by atoms with van der Waals surface area (Å²) in [5.41, 5.74) is 0.291. The summed E-state index contributed by atoms with van der Waals surface area (Å²) in [6.07, 6.45) is 4.90. The van der Waals surface area contributed by atoms with Crippen LogP contribution in [0.4, 0.5) is 10.2 Å². The Bertz CT molecular complexity index is 1160. The number of aromatic nitrogens is 3. The number of amides is 1. The van der Waals surface area contributed by atoms with Crippen LogP contribution >= 0.6 is 0 Å². The zero-order valence-corrected chi connectivity index (χ0v) is 23.9. The second-order valence-corrected chi connectivity index (χ2v) is 11.9. The first-order chi connectivity index (χ1) is 18.5. The van der Waals surface area contributed by atoms with Gasteiger partial charge in [0.2, 0.25) is 0 Å². The maximum absolute atomic E-state index is 14.3. The van der Waals surface area contributed by atoms with E-state index in [9.17, 15) is 14.0 Å². The lowest BCUT2D eigenvalue weighted by molar-refractivity contribution is -0.108. The van der Waals surface area contributed by atoms with E-state index in [1.807, 2.05) is 27.7 Å². The van der Waals surface area contributed by atoms with Crippen molar-refractivity contribution in [3.05, 3.63) is 35.9 Å². The van der Waals surface area contributed by atoms with Gasteiger partial charge in [-0.1, -0.05) is 13.8 Å². The van der Waals surface area contributed by atoms with Gasteiger partial charge in [0, 0.05) is 56.1 Å². The maximum Gasteiger partial charge on any atom is 0.282 e. The molecule has 1 atom stereocenters. The summed E-state index contributed by atoms with van der Waals surface area (Å²) in [5, 5.41) is 8.14. The lowest BCUT2D eigenvalue weighted by Crippen LogP contribution is -2.61. The number of benzene rings is 1. The Balaban J connectivity index is 1.52. The van der Waals surface area contributed by atoms with Gasteiger partial charge in [-0.25, -0.2) is 9.37 Å². The number of halogens is 1. The summed E-state index contributed by atoms with van der Waals surface area (Å²) in [7, 11) is 0. The van der Waals surface area contributed by atoms with Gasteiger partial charge in [-0.05, 0) is 64.7 Å². The minimum atomic E-state index is -0.514. The number of rotatable bonds is 11. The summed E-state index contributed by atoms with van der Waals surface area (Å²) in [5.74, 6) is 0.638. The van der Waals surface area contributed by atoms with Crippen LogP contribution in [0.2, 0.25) is 0 Å². The second kappa shape index (κ2) is 11.9. The quantitative estimate of drug-likeness (QED) is 0.383. The van der Waals surface area contributed by atoms with E-state index in [4.69, 9.17) is 4.74 Å². The molecule has 39 heavy (non-hydrogen) atoms. The van der Waals surface area contributed by atoms with Crippen LogP contribution in [0.15, 0.2) is 24.5 Å². The molecule has 0 unspecified atom stereocenters. The van der Waals surface area contributed by atoms with Gasteiger partial charge in [0.05, 0.1) is 5.56 Å². The minimum Gasteiger partial charge on any atom is -0.434 e. The molecule has 1 aromatic carbocycles. The number of nitrogens with zero attached hydrogens (tertiary/aromatic N) is 6. The van der Waals surface area contributed by atoms with E-state index in [1.54, 1.807) is 4.90 Å². The van der Waals surface area contributed by atoms with Crippen molar-refractivity contribution < 1.29 is 18.7 Å². The van der Waals surface area contributed by atoms with Crippen molar-refractivity contribution in [2.45, 2.75) is 78.9 Å². The smallest absolute Gasteiger partial charge is 0.282 e. The van der Waals surface area contributed by atoms with Crippen molar-refractivity contribution in [1.29, 1.82) is 0 Å². The fraction of sp³-hybridized carbons (Fsp3) is 0.621. The molecule has 2 aromatic rings. The Labute approximate surface area is 230 Å². The summed E-state index contributed by atoms with van der Waals surface area (Å²) >= 11 is 0. The SMILES string of the molecule is CC(C)[C@H](CCC=O)N1CC2(CCN(c3ncnnc3Oc3ccc(F)cc3C(=O)N(C(C)C)C(C)C)C2)C1. The van der Waals surface area contributed by atoms with Gasteiger partial charge in [-0.3, -0.25) is 9.69 Å². The van der Waals surface area contributed by atoms with E-state index in [1.165, 1.54) is 24.5 Å². The lowest BCUT2D eigenvalue weighted by Gasteiger charge is -2.52. The molecule has 0 saturated carbocycles. The molecule has 0 bridgehead atoms. The van der Waals surface area contributed by atoms with E-state index in [0.717, 1.165) is 45.3 Å². The average Bonchev–Trinajstić information content (AvgIpc) is 3.30. The first-order valence-electron chi connectivity index (χ1n) is 14.0. The predicted molar refractivity (Wildman–Crippen MR) is 148 cm³/mol. The Morgan fingerprint density at radius 2 is 1.87 bits per heavy atom. The molecule has 2 saturated heterocycles. The highest BCUT2D eigenvalue weighted by molar-refractivity contribution is 5.97. The molecular formula is C29H41FN6O3. The van der Waals surface area contributed by atoms with Crippen molar-refractivity contribution in [2.24, 2.45) is 11.3 Å². The molecule has 9 nitrogen and oxygen atoms in total. The normalized spacial score (nSPS) is 17.6. The lowest BCUT2D eigenvalue weighted by atomic mass is 9.76. The van der Waals surface area contributed by atoms with Crippen molar-refractivity contribution >= 4 is 18.0 Å². The minimum absolute atomic E-state index is 0.0704. The van der Waals surface area contributed by atoms with Crippen LogP contribution in [0, 0.1) is 17.2 Å². The monoisotopic (exact) mass is 540 g/mol. The third-order valence-electron chi connectivity index (χ3n) is 7.93. The van der Waals surface area contributed by atoms with Gasteiger partial charge in [0.1, 0.15) is 24.2 Å². The van der Waals surface area contributed by atoms with Crippen molar-refractivity contribution in [3.8, 4) is 11.6 Å².